The van der Waals surface area contributed by atoms with Crippen molar-refractivity contribution >= 4 is 35.7 Å². The Kier molecular flexibility index (Phi) is 4.20. The van der Waals surface area contributed by atoms with Gasteiger partial charge >= 0.3 is 0 Å². The predicted molar refractivity (Wildman–Crippen MR) is 104 cm³/mol. The Hall–Kier alpha value is -1.99. The molecule has 0 bridgehead atoms. The molecular formula is C19H17IN2O2. The highest BCUT2D eigenvalue weighted by atomic mass is 127. The van der Waals surface area contributed by atoms with Crippen LogP contribution in [0.2, 0.25) is 0 Å². The van der Waals surface area contributed by atoms with Crippen molar-refractivity contribution in [3.63, 3.8) is 0 Å². The second kappa shape index (κ2) is 6.49. The highest BCUT2D eigenvalue weighted by molar-refractivity contribution is 14.2. The van der Waals surface area contributed by atoms with Gasteiger partial charge in [-0.3, -0.25) is 4.79 Å². The summed E-state index contributed by atoms with van der Waals surface area (Å²) in [5.41, 5.74) is 6.04. The Morgan fingerprint density at radius 3 is 2.79 bits per heavy atom. The first-order valence-corrected chi connectivity index (χ1v) is 10.2. The summed E-state index contributed by atoms with van der Waals surface area (Å²) in [4.78, 5) is 15.3. The molecule has 0 radical (unpaired) electrons. The van der Waals surface area contributed by atoms with Crippen LogP contribution in [0, 0.1) is 0 Å². The number of benzene rings is 1. The second-order valence-electron chi connectivity index (χ2n) is 5.79. The lowest BCUT2D eigenvalue weighted by Gasteiger charge is -2.11. The van der Waals surface area contributed by atoms with Crippen LogP contribution in [0.3, 0.4) is 0 Å². The molecule has 3 heterocycles. The van der Waals surface area contributed by atoms with E-state index in [-0.39, 0.29) is 33.2 Å². The molecule has 0 aliphatic carbocycles. The van der Waals surface area contributed by atoms with Gasteiger partial charge in [0.15, 0.2) is 0 Å². The number of halogens is 1. The zero-order valence-electron chi connectivity index (χ0n) is 13.0. The molecule has 0 fully saturated rings. The minimum absolute atomic E-state index is 0.00959. The van der Waals surface area contributed by atoms with Crippen LogP contribution < -0.4 is 5.32 Å². The molecule has 4 rings (SSSR count). The van der Waals surface area contributed by atoms with Gasteiger partial charge in [0.25, 0.3) is 5.91 Å². The van der Waals surface area contributed by atoms with Gasteiger partial charge in [-0.1, -0.05) is 45.0 Å². The third-order valence-corrected chi connectivity index (χ3v) is 6.56. The molecule has 0 atom stereocenters. The molecule has 2 aliphatic heterocycles. The van der Waals surface area contributed by atoms with Crippen LogP contribution in [0.25, 0.3) is 5.57 Å². The van der Waals surface area contributed by atoms with Crippen LogP contribution >= 0.6 is 20.7 Å². The Bertz CT molecular complexity index is 889. The van der Waals surface area contributed by atoms with E-state index in [4.69, 9.17) is 0 Å². The van der Waals surface area contributed by atoms with Gasteiger partial charge in [-0.25, -0.2) is 0 Å². The summed E-state index contributed by atoms with van der Waals surface area (Å²) < 4.78 is 3.59. The van der Waals surface area contributed by atoms with E-state index in [1.165, 1.54) is 9.07 Å². The second-order valence-corrected chi connectivity index (χ2v) is 8.29. The van der Waals surface area contributed by atoms with Crippen LogP contribution in [-0.2, 0) is 13.0 Å². The summed E-state index contributed by atoms with van der Waals surface area (Å²) in [6.45, 7) is 0.766. The molecule has 122 valence electrons. The molecule has 0 saturated carbocycles. The van der Waals surface area contributed by atoms with Gasteiger partial charge in [-0.05, 0) is 39.0 Å². The topological polar surface area (TPSA) is 65.1 Å². The van der Waals surface area contributed by atoms with Crippen molar-refractivity contribution < 1.29 is 9.90 Å². The first-order chi connectivity index (χ1) is 11.7. The van der Waals surface area contributed by atoms with Gasteiger partial charge in [0.05, 0.1) is 12.2 Å². The lowest BCUT2D eigenvalue weighted by atomic mass is 10.0. The quantitative estimate of drug-likeness (QED) is 0.654. The lowest BCUT2D eigenvalue weighted by molar-refractivity contribution is 0.0946. The third-order valence-electron chi connectivity index (χ3n) is 4.23. The van der Waals surface area contributed by atoms with Crippen molar-refractivity contribution in [2.45, 2.75) is 13.0 Å². The van der Waals surface area contributed by atoms with Gasteiger partial charge in [-0.15, -0.1) is 0 Å². The first-order valence-electron chi connectivity index (χ1n) is 7.84. The van der Waals surface area contributed by atoms with Crippen LogP contribution in [0.4, 0.5) is 0 Å². The number of aliphatic hydroxyl groups excluding tert-OH is 1. The molecule has 4 nitrogen and oxygen atoms in total. The monoisotopic (exact) mass is 432 g/mol. The van der Waals surface area contributed by atoms with E-state index in [1.54, 1.807) is 0 Å². The summed E-state index contributed by atoms with van der Waals surface area (Å²) in [5.74, 6) is 0.00959. The third kappa shape index (κ3) is 2.89. The standard InChI is InChI=1S/C19H17IN2O2/c23-11-12-1-3-13(4-2-12)16-9-14(5-7-20-16)18-10-15-17(22-18)6-8-21-19(15)24/h1-5,7,9-10,22-23H,6,8,11H2,(H,21,24). The van der Waals surface area contributed by atoms with Gasteiger partial charge in [-0.2, -0.15) is 0 Å². The Labute approximate surface area is 150 Å². The number of hydrogen-bond acceptors (Lipinski definition) is 2. The van der Waals surface area contributed by atoms with Gasteiger partial charge < -0.3 is 15.4 Å². The van der Waals surface area contributed by atoms with Crippen molar-refractivity contribution in [3.8, 4) is 0 Å². The Balaban J connectivity index is 1.67. The highest BCUT2D eigenvalue weighted by Crippen LogP contribution is 2.28. The summed E-state index contributed by atoms with van der Waals surface area (Å²) in [6.07, 6.45) is 5.22. The van der Waals surface area contributed by atoms with Crippen LogP contribution in [0.5, 0.6) is 0 Å². The molecular weight excluding hydrogens is 415 g/mol. The number of allylic oxidation sites excluding steroid dienone is 3. The zero-order chi connectivity index (χ0) is 16.5. The van der Waals surface area contributed by atoms with Crippen molar-refractivity contribution in [2.75, 3.05) is 6.54 Å². The van der Waals surface area contributed by atoms with E-state index in [1.807, 2.05) is 18.2 Å². The largest absolute Gasteiger partial charge is 0.392 e. The smallest absolute Gasteiger partial charge is 0.253 e. The maximum absolute atomic E-state index is 11.9. The number of amides is 1. The Morgan fingerprint density at radius 1 is 1.21 bits per heavy atom. The van der Waals surface area contributed by atoms with Gasteiger partial charge in [0, 0.05) is 27.9 Å². The predicted octanol–water partition coefficient (Wildman–Crippen LogP) is 2.90. The van der Waals surface area contributed by atoms with E-state index in [2.05, 4.69) is 38.7 Å². The maximum Gasteiger partial charge on any atom is 0.253 e. The van der Waals surface area contributed by atoms with Crippen molar-refractivity contribution in [1.82, 2.24) is 10.3 Å². The molecule has 2 aromatic rings. The molecule has 24 heavy (non-hydrogen) atoms. The highest BCUT2D eigenvalue weighted by Gasteiger charge is 2.20. The molecule has 1 amide bonds. The van der Waals surface area contributed by atoms with Crippen molar-refractivity contribution in [3.05, 3.63) is 74.6 Å². The molecule has 0 spiro atoms. The van der Waals surface area contributed by atoms with E-state index in [0.717, 1.165) is 34.5 Å². The van der Waals surface area contributed by atoms with Crippen LogP contribution in [0.1, 0.15) is 32.9 Å². The van der Waals surface area contributed by atoms with E-state index < -0.39 is 0 Å². The van der Waals surface area contributed by atoms with E-state index in [0.29, 0.717) is 6.54 Å². The van der Waals surface area contributed by atoms with Crippen LogP contribution in [-0.4, -0.2) is 26.1 Å². The molecule has 1 aromatic heterocycles. The number of aliphatic hydroxyl groups is 1. The van der Waals surface area contributed by atoms with Crippen molar-refractivity contribution in [2.24, 2.45) is 0 Å². The number of H-pyrrole nitrogens is 1. The minimum Gasteiger partial charge on any atom is -0.392 e. The number of aromatic amines is 1. The lowest BCUT2D eigenvalue weighted by Crippen LogP contribution is -2.31. The number of hydrogen-bond donors (Lipinski definition) is 3. The molecule has 0 saturated heterocycles. The molecule has 0 unspecified atom stereocenters. The fourth-order valence-corrected chi connectivity index (χ4v) is 5.10. The van der Waals surface area contributed by atoms with Gasteiger partial charge in [0.1, 0.15) is 0 Å². The number of nitrogens with one attached hydrogen (secondary N) is 2. The number of fused-ring (bicyclic) bond motifs is 1. The first kappa shape index (κ1) is 15.5. The molecule has 1 aromatic carbocycles. The van der Waals surface area contributed by atoms with Crippen molar-refractivity contribution in [1.29, 1.82) is 0 Å². The summed E-state index contributed by atoms with van der Waals surface area (Å²) in [7, 11) is 0. The summed E-state index contributed by atoms with van der Waals surface area (Å²) >= 11 is -0.165. The molecule has 3 N–H and O–H groups in total. The summed E-state index contributed by atoms with van der Waals surface area (Å²) in [6, 6.07) is 10.0. The van der Waals surface area contributed by atoms with E-state index in [9.17, 15) is 9.90 Å². The molecule has 5 heteroatoms. The normalized spacial score (nSPS) is 16.6. The minimum atomic E-state index is -0.165. The maximum atomic E-state index is 11.9. The fourth-order valence-electron chi connectivity index (χ4n) is 2.92. The van der Waals surface area contributed by atoms with E-state index >= 15 is 0 Å². The van der Waals surface area contributed by atoms with Gasteiger partial charge in [0.2, 0.25) is 0 Å². The van der Waals surface area contributed by atoms with Crippen LogP contribution in [0.15, 0.2) is 46.6 Å². The SMILES string of the molecule is O=C1NCCc2[nH]c(C3=CC(c4ccc(CO)cc4)=IC=C3)cc21. The molecule has 2 aliphatic rings. The zero-order valence-corrected chi connectivity index (χ0v) is 15.1. The summed E-state index contributed by atoms with van der Waals surface area (Å²) in [5, 5.41) is 12.1. The number of carbonyl (C=O) groups is 1. The Morgan fingerprint density at radius 2 is 2.04 bits per heavy atom. The fraction of sp³-hybridized carbons (Fsp3) is 0.158. The number of carbonyl (C=O) groups excluding carboxylic acids is 1. The average Bonchev–Trinajstić information content (AvgIpc) is 3.08. The average molecular weight is 432 g/mol. The number of rotatable bonds is 3. The number of aromatic nitrogens is 1.